The zero-order valence-corrected chi connectivity index (χ0v) is 19.1. The second-order valence-electron chi connectivity index (χ2n) is 8.87. The molecule has 4 aromatic rings. The Labute approximate surface area is 198 Å². The van der Waals surface area contributed by atoms with Gasteiger partial charge in [-0.15, -0.1) is 0 Å². The lowest BCUT2D eigenvalue weighted by molar-refractivity contribution is 0.577. The number of nitrogens with zero attached hydrogens (tertiary/aromatic N) is 4. The van der Waals surface area contributed by atoms with Gasteiger partial charge in [-0.25, -0.2) is 9.97 Å². The number of halogens is 1. The Bertz CT molecular complexity index is 1410. The molecule has 2 aromatic heterocycles. The first-order valence-corrected chi connectivity index (χ1v) is 12.0. The fourth-order valence-electron chi connectivity index (χ4n) is 5.34. The number of rotatable bonds is 2. The topological polar surface area (TPSA) is 52.8 Å². The third-order valence-corrected chi connectivity index (χ3v) is 7.18. The van der Waals surface area contributed by atoms with E-state index in [4.69, 9.17) is 16.6 Å². The number of benzene rings is 2. The first kappa shape index (κ1) is 20.2. The summed E-state index contributed by atoms with van der Waals surface area (Å²) in [7, 11) is 0. The molecular weight excluding hydrogens is 428 g/mol. The van der Waals surface area contributed by atoms with Crippen molar-refractivity contribution >= 4 is 28.3 Å². The monoisotopic (exact) mass is 450 g/mol. The van der Waals surface area contributed by atoms with Gasteiger partial charge in [0.25, 0.3) is 0 Å². The molecule has 33 heavy (non-hydrogen) atoms. The average molecular weight is 451 g/mol. The van der Waals surface area contributed by atoms with E-state index in [1.165, 1.54) is 17.5 Å². The summed E-state index contributed by atoms with van der Waals surface area (Å²) in [5.74, 6) is 0. The summed E-state index contributed by atoms with van der Waals surface area (Å²) in [4.78, 5) is 11.7. The van der Waals surface area contributed by atoms with Gasteiger partial charge in [0.15, 0.2) is 5.65 Å². The quantitative estimate of drug-likeness (QED) is 0.346. The Morgan fingerprint density at radius 1 is 0.939 bits per heavy atom. The molecule has 2 aromatic carbocycles. The largest absolute Gasteiger partial charge is 0.370 e. The predicted octanol–water partition coefficient (Wildman–Crippen LogP) is 6.58. The molecule has 0 N–H and O–H groups in total. The van der Waals surface area contributed by atoms with Crippen molar-refractivity contribution in [2.45, 2.75) is 32.1 Å². The summed E-state index contributed by atoms with van der Waals surface area (Å²) in [6.07, 6.45) is 7.04. The Morgan fingerprint density at radius 3 is 2.55 bits per heavy atom. The fraction of sp³-hybridized carbons (Fsp3) is 0.250. The van der Waals surface area contributed by atoms with Crippen LogP contribution in [0, 0.1) is 11.3 Å². The van der Waals surface area contributed by atoms with Crippen LogP contribution in [0.3, 0.4) is 0 Å². The van der Waals surface area contributed by atoms with Crippen LogP contribution in [-0.4, -0.2) is 23.1 Å². The van der Waals surface area contributed by atoms with E-state index in [9.17, 15) is 5.26 Å². The second kappa shape index (κ2) is 8.17. The lowest BCUT2D eigenvalue weighted by Crippen LogP contribution is -2.30. The molecule has 0 unspecified atom stereocenters. The zero-order chi connectivity index (χ0) is 22.4. The Balaban J connectivity index is 1.66. The number of fused-ring (bicyclic) bond motifs is 4. The third kappa shape index (κ3) is 3.44. The number of aryl methyl sites for hydroxylation is 1. The molecule has 0 atom stereocenters. The average Bonchev–Trinajstić information content (AvgIpc) is 2.87. The molecule has 4 nitrogen and oxygen atoms in total. The minimum absolute atomic E-state index is 0.728. The normalized spacial score (nSPS) is 15.1. The second-order valence-corrected chi connectivity index (χ2v) is 9.31. The van der Waals surface area contributed by atoms with Crippen LogP contribution in [-0.2, 0) is 12.8 Å². The number of hydrogen-bond donors (Lipinski definition) is 0. The maximum Gasteiger partial charge on any atom is 0.159 e. The van der Waals surface area contributed by atoms with Crippen molar-refractivity contribution in [3.63, 3.8) is 0 Å². The summed E-state index contributed by atoms with van der Waals surface area (Å²) >= 11 is 6.20. The fourth-order valence-corrected chi connectivity index (χ4v) is 5.47. The highest BCUT2D eigenvalue weighted by Crippen LogP contribution is 2.45. The number of nitriles is 1. The van der Waals surface area contributed by atoms with Crippen LogP contribution in [0.2, 0.25) is 5.02 Å². The summed E-state index contributed by atoms with van der Waals surface area (Å²) in [5.41, 5.74) is 9.29. The van der Waals surface area contributed by atoms with Gasteiger partial charge in [-0.1, -0.05) is 23.7 Å². The molecule has 1 aliphatic carbocycles. The van der Waals surface area contributed by atoms with Gasteiger partial charge >= 0.3 is 0 Å². The van der Waals surface area contributed by atoms with Crippen molar-refractivity contribution < 1.29 is 0 Å². The van der Waals surface area contributed by atoms with Crippen molar-refractivity contribution in [2.75, 3.05) is 18.0 Å². The van der Waals surface area contributed by atoms with Gasteiger partial charge in [-0.05, 0) is 85.2 Å². The lowest BCUT2D eigenvalue weighted by Gasteiger charge is -2.33. The molecule has 1 fully saturated rings. The minimum atomic E-state index is 0.728. The summed E-state index contributed by atoms with van der Waals surface area (Å²) in [5, 5.41) is 12.1. The van der Waals surface area contributed by atoms with Crippen molar-refractivity contribution in [3.8, 4) is 28.3 Å². The smallest absolute Gasteiger partial charge is 0.159 e. The van der Waals surface area contributed by atoms with Crippen molar-refractivity contribution in [2.24, 2.45) is 0 Å². The molecule has 1 aliphatic heterocycles. The van der Waals surface area contributed by atoms with Gasteiger partial charge in [0.2, 0.25) is 0 Å². The van der Waals surface area contributed by atoms with Gasteiger partial charge in [0.1, 0.15) is 6.07 Å². The van der Waals surface area contributed by atoms with Gasteiger partial charge in [0, 0.05) is 40.8 Å². The summed E-state index contributed by atoms with van der Waals surface area (Å²) in [6.45, 7) is 1.97. The van der Waals surface area contributed by atoms with Crippen LogP contribution in [0.1, 0.15) is 36.1 Å². The van der Waals surface area contributed by atoms with E-state index in [2.05, 4.69) is 40.2 Å². The first-order valence-electron chi connectivity index (χ1n) is 11.6. The highest BCUT2D eigenvalue weighted by molar-refractivity contribution is 6.30. The van der Waals surface area contributed by atoms with E-state index in [0.29, 0.717) is 0 Å². The van der Waals surface area contributed by atoms with E-state index in [0.717, 1.165) is 88.5 Å². The van der Waals surface area contributed by atoms with Gasteiger partial charge in [-0.2, -0.15) is 5.26 Å². The maximum absolute atomic E-state index is 10.4. The third-order valence-electron chi connectivity index (χ3n) is 6.93. The van der Waals surface area contributed by atoms with E-state index in [-0.39, 0.29) is 0 Å². The van der Waals surface area contributed by atoms with Crippen LogP contribution >= 0.6 is 11.6 Å². The molecule has 0 amide bonds. The number of piperidine rings is 1. The molecule has 1 saturated heterocycles. The van der Waals surface area contributed by atoms with Crippen LogP contribution in [0.15, 0.2) is 54.7 Å². The van der Waals surface area contributed by atoms with Crippen LogP contribution in [0.4, 0.5) is 5.69 Å². The van der Waals surface area contributed by atoms with Crippen LogP contribution < -0.4 is 4.90 Å². The van der Waals surface area contributed by atoms with E-state index < -0.39 is 0 Å². The first-order chi connectivity index (χ1) is 16.2. The van der Waals surface area contributed by atoms with Gasteiger partial charge in [0.05, 0.1) is 16.9 Å². The Morgan fingerprint density at radius 2 is 1.76 bits per heavy atom. The van der Waals surface area contributed by atoms with Crippen molar-refractivity contribution in [1.82, 2.24) is 9.97 Å². The molecule has 2 aliphatic rings. The van der Waals surface area contributed by atoms with E-state index in [1.54, 1.807) is 6.20 Å². The standard InChI is InChI=1S/C28H23ClN4/c29-20-8-6-18(7-9-20)22-16-26(33-13-2-1-3-14-33)24(17-30)27-21(22)10-11-25-23(27)15-19-5-4-12-31-28(19)32-25/h4-9,12,15-16H,1-3,10-11,13-14H2. The number of pyridine rings is 2. The molecule has 0 saturated carbocycles. The Hall–Kier alpha value is -3.42. The molecule has 5 heteroatoms. The SMILES string of the molecule is N#Cc1c(N2CCCCC2)cc(-c2ccc(Cl)cc2)c2c1-c1cc3cccnc3nc1CC2. The highest BCUT2D eigenvalue weighted by atomic mass is 35.5. The maximum atomic E-state index is 10.4. The number of anilines is 1. The van der Waals surface area contributed by atoms with Crippen molar-refractivity contribution in [1.29, 1.82) is 5.26 Å². The number of hydrogen-bond acceptors (Lipinski definition) is 4. The zero-order valence-electron chi connectivity index (χ0n) is 18.3. The molecule has 162 valence electrons. The Kier molecular flexibility index (Phi) is 5.00. The number of aromatic nitrogens is 2. The molecule has 0 radical (unpaired) electrons. The molecule has 6 rings (SSSR count). The predicted molar refractivity (Wildman–Crippen MR) is 134 cm³/mol. The van der Waals surface area contributed by atoms with Crippen LogP contribution in [0.25, 0.3) is 33.3 Å². The minimum Gasteiger partial charge on any atom is -0.370 e. The van der Waals surface area contributed by atoms with Crippen molar-refractivity contribution in [3.05, 3.63) is 76.6 Å². The van der Waals surface area contributed by atoms with E-state index in [1.807, 2.05) is 24.3 Å². The molecule has 0 spiro atoms. The highest BCUT2D eigenvalue weighted by Gasteiger charge is 2.28. The summed E-state index contributed by atoms with van der Waals surface area (Å²) in [6, 6.07) is 19.1. The molecule has 0 bridgehead atoms. The molecular formula is C28H23ClN4. The van der Waals surface area contributed by atoms with Gasteiger partial charge in [-0.3, -0.25) is 0 Å². The lowest BCUT2D eigenvalue weighted by atomic mass is 9.80. The van der Waals surface area contributed by atoms with Gasteiger partial charge < -0.3 is 4.90 Å². The van der Waals surface area contributed by atoms with E-state index >= 15 is 0 Å². The molecule has 3 heterocycles. The van der Waals surface area contributed by atoms with Crippen LogP contribution in [0.5, 0.6) is 0 Å². The summed E-state index contributed by atoms with van der Waals surface area (Å²) < 4.78 is 0.